The van der Waals surface area contributed by atoms with Crippen LogP contribution in [0.25, 0.3) is 0 Å². The number of carbonyl (C=O) groups is 2. The topological polar surface area (TPSA) is 79.8 Å². The molecular weight excluding hydrogens is 162 g/mol. The minimum atomic E-state index is -0.712. The van der Waals surface area contributed by atoms with Gasteiger partial charge in [0, 0.05) is 0 Å². The van der Waals surface area contributed by atoms with Crippen LogP contribution in [0.2, 0.25) is 0 Å². The molecule has 0 aromatic rings. The molecule has 0 saturated heterocycles. The Kier molecular flexibility index (Phi) is 1.49. The average Bonchev–Trinajstić information content (AvgIpc) is 2.12. The van der Waals surface area contributed by atoms with E-state index in [-0.39, 0.29) is 0 Å². The fourth-order valence-electron chi connectivity index (χ4n) is 0.999. The minimum Gasteiger partial charge on any atom is -0.288 e. The van der Waals surface area contributed by atoms with Gasteiger partial charge in [0.1, 0.15) is 11.8 Å². The van der Waals surface area contributed by atoms with Gasteiger partial charge in [-0.05, 0) is 12.2 Å². The molecule has 2 aliphatic rings. The van der Waals surface area contributed by atoms with E-state index in [1.54, 1.807) is 0 Å². The molecule has 1 unspecified atom stereocenters. The second kappa shape index (κ2) is 2.50. The van der Waals surface area contributed by atoms with Crippen molar-refractivity contribution in [3.05, 3.63) is 12.2 Å². The molecule has 2 rings (SSSR count). The highest BCUT2D eigenvalue weighted by Crippen LogP contribution is 2.04. The molecule has 1 atom stereocenters. The summed E-state index contributed by atoms with van der Waals surface area (Å²) in [4.78, 5) is 26.4. The number of hydrogen-bond acceptors (Lipinski definition) is 6. The fourth-order valence-corrected chi connectivity index (χ4v) is 0.999. The highest BCUT2D eigenvalue weighted by molar-refractivity contribution is 6.50. The molecule has 62 valence electrons. The van der Waals surface area contributed by atoms with Gasteiger partial charge in [0.05, 0.1) is 0 Å². The van der Waals surface area contributed by atoms with Crippen LogP contribution in [0, 0.1) is 0 Å². The normalized spacial score (nSPS) is 27.7. The van der Waals surface area contributed by atoms with E-state index in [4.69, 9.17) is 0 Å². The third-order valence-electron chi connectivity index (χ3n) is 1.61. The van der Waals surface area contributed by atoms with Crippen LogP contribution in [-0.4, -0.2) is 23.3 Å². The van der Waals surface area contributed by atoms with E-state index in [9.17, 15) is 9.59 Å². The first-order chi connectivity index (χ1) is 5.79. The lowest BCUT2D eigenvalue weighted by molar-refractivity contribution is -0.135. The van der Waals surface area contributed by atoms with E-state index in [1.807, 2.05) is 0 Å². The van der Waals surface area contributed by atoms with Crippen molar-refractivity contribution in [2.75, 3.05) is 0 Å². The number of rotatable bonds is 0. The number of hydrazine groups is 1. The van der Waals surface area contributed by atoms with Crippen molar-refractivity contribution in [3.63, 3.8) is 0 Å². The number of hydrogen-bond donors (Lipinski definition) is 2. The molecule has 0 aromatic carbocycles. The van der Waals surface area contributed by atoms with Gasteiger partial charge < -0.3 is 0 Å². The van der Waals surface area contributed by atoms with Gasteiger partial charge in [-0.1, -0.05) is 10.7 Å². The molecule has 2 N–H and O–H groups in total. The first-order valence-corrected chi connectivity index (χ1v) is 3.30. The number of nitrogens with zero attached hydrogens (tertiary/aromatic N) is 1. The van der Waals surface area contributed by atoms with E-state index in [0.717, 1.165) is 0 Å². The zero-order valence-corrected chi connectivity index (χ0v) is 5.90. The molecule has 1 aliphatic heterocycles. The molecular formula is C6H5N3O3. The Morgan fingerprint density at radius 2 is 2.25 bits per heavy atom. The van der Waals surface area contributed by atoms with Gasteiger partial charge in [-0.15, -0.1) is 0 Å². The largest absolute Gasteiger partial charge is 0.288 e. The Hall–Kier alpha value is -1.53. The van der Waals surface area contributed by atoms with Crippen LogP contribution >= 0.6 is 0 Å². The molecule has 0 saturated carbocycles. The summed E-state index contributed by atoms with van der Waals surface area (Å²) in [5.41, 5.74) is 5.07. The van der Waals surface area contributed by atoms with Crippen molar-refractivity contribution in [1.82, 2.24) is 11.0 Å². The minimum absolute atomic E-state index is 0.401. The van der Waals surface area contributed by atoms with Crippen molar-refractivity contribution >= 4 is 17.3 Å². The Morgan fingerprint density at radius 1 is 1.42 bits per heavy atom. The summed E-state index contributed by atoms with van der Waals surface area (Å²) in [6.45, 7) is 0. The van der Waals surface area contributed by atoms with Crippen LogP contribution in [0.1, 0.15) is 0 Å². The van der Waals surface area contributed by atoms with Crippen molar-refractivity contribution in [3.8, 4) is 0 Å². The van der Waals surface area contributed by atoms with E-state index < -0.39 is 17.6 Å². The highest BCUT2D eigenvalue weighted by Gasteiger charge is 2.33. The maximum absolute atomic E-state index is 11.1. The zero-order chi connectivity index (χ0) is 8.55. The number of fused-ring (bicyclic) bond motifs is 1. The monoisotopic (exact) mass is 167 g/mol. The molecule has 12 heavy (non-hydrogen) atoms. The second-order valence-corrected chi connectivity index (χ2v) is 2.35. The number of carbonyl (C=O) groups excluding carboxylic acids is 2. The van der Waals surface area contributed by atoms with Gasteiger partial charge in [0.15, 0.2) is 0 Å². The number of Topliss-reactive ketones (excluding diaryl/α,β-unsaturated/α-hetero) is 1. The number of ketones is 2. The van der Waals surface area contributed by atoms with Crippen LogP contribution in [0.5, 0.6) is 0 Å². The SMILES string of the molecule is O=C1C=CC2=NONNC2C1=O. The lowest BCUT2D eigenvalue weighted by Crippen LogP contribution is -2.55. The maximum atomic E-state index is 11.1. The van der Waals surface area contributed by atoms with E-state index in [2.05, 4.69) is 21.1 Å². The van der Waals surface area contributed by atoms with Gasteiger partial charge in [0.25, 0.3) is 0 Å². The molecule has 0 radical (unpaired) electrons. The zero-order valence-electron chi connectivity index (χ0n) is 5.90. The van der Waals surface area contributed by atoms with Crippen molar-refractivity contribution in [1.29, 1.82) is 0 Å². The summed E-state index contributed by atoms with van der Waals surface area (Å²) in [7, 11) is 0. The molecule has 0 fully saturated rings. The highest BCUT2D eigenvalue weighted by atomic mass is 16.8. The Morgan fingerprint density at radius 3 is 3.08 bits per heavy atom. The first kappa shape index (κ1) is 7.14. The van der Waals surface area contributed by atoms with Gasteiger partial charge in [-0.3, -0.25) is 14.5 Å². The van der Waals surface area contributed by atoms with E-state index in [1.165, 1.54) is 12.2 Å². The summed E-state index contributed by atoms with van der Waals surface area (Å²) < 4.78 is 0. The third kappa shape index (κ3) is 0.936. The van der Waals surface area contributed by atoms with Crippen molar-refractivity contribution in [2.45, 2.75) is 6.04 Å². The Labute approximate surface area is 67.2 Å². The predicted molar refractivity (Wildman–Crippen MR) is 37.7 cm³/mol. The van der Waals surface area contributed by atoms with Crippen LogP contribution in [0.3, 0.4) is 0 Å². The van der Waals surface area contributed by atoms with Crippen LogP contribution < -0.4 is 11.0 Å². The second-order valence-electron chi connectivity index (χ2n) is 2.35. The van der Waals surface area contributed by atoms with Gasteiger partial charge in [0.2, 0.25) is 11.6 Å². The quantitative estimate of drug-likeness (QED) is 0.427. The smallest absolute Gasteiger partial charge is 0.227 e. The van der Waals surface area contributed by atoms with E-state index in [0.29, 0.717) is 5.71 Å². The molecule has 6 heteroatoms. The summed E-state index contributed by atoms with van der Waals surface area (Å²) >= 11 is 0. The lowest BCUT2D eigenvalue weighted by atomic mass is 9.98. The molecule has 6 nitrogen and oxygen atoms in total. The first-order valence-electron chi connectivity index (χ1n) is 3.30. The fraction of sp³-hybridized carbons (Fsp3) is 0.167. The van der Waals surface area contributed by atoms with Gasteiger partial charge in [-0.25, -0.2) is 5.43 Å². The molecule has 0 bridgehead atoms. The van der Waals surface area contributed by atoms with Gasteiger partial charge in [-0.2, -0.15) is 0 Å². The number of nitrogens with one attached hydrogen (secondary N) is 2. The lowest BCUT2D eigenvalue weighted by Gasteiger charge is -2.21. The molecule has 1 heterocycles. The summed E-state index contributed by atoms with van der Waals surface area (Å²) in [6.07, 6.45) is 2.62. The summed E-state index contributed by atoms with van der Waals surface area (Å²) in [5.74, 6) is -1.07. The summed E-state index contributed by atoms with van der Waals surface area (Å²) in [5, 5.41) is 3.52. The Balaban J connectivity index is 2.39. The molecule has 1 aliphatic carbocycles. The van der Waals surface area contributed by atoms with E-state index >= 15 is 0 Å². The van der Waals surface area contributed by atoms with Crippen LogP contribution in [-0.2, 0) is 14.5 Å². The standard InChI is InChI=1S/C6H5N3O3/c10-4-2-1-3-5(6(4)11)7-9-12-8-3/h1-2,5,7,9H. The van der Waals surface area contributed by atoms with Crippen LogP contribution in [0.15, 0.2) is 17.3 Å². The Bertz CT molecular complexity index is 304. The average molecular weight is 167 g/mol. The maximum Gasteiger partial charge on any atom is 0.227 e. The summed E-state index contributed by atoms with van der Waals surface area (Å²) in [6, 6.07) is -0.712. The molecule has 0 aromatic heterocycles. The van der Waals surface area contributed by atoms with Crippen molar-refractivity contribution in [2.24, 2.45) is 5.16 Å². The molecule has 0 spiro atoms. The van der Waals surface area contributed by atoms with Crippen LogP contribution in [0.4, 0.5) is 0 Å². The van der Waals surface area contributed by atoms with Crippen molar-refractivity contribution < 1.29 is 14.5 Å². The third-order valence-corrected chi connectivity index (χ3v) is 1.61. The number of oxime groups is 1. The predicted octanol–water partition coefficient (Wildman–Crippen LogP) is -1.54. The molecule has 0 amide bonds. The van der Waals surface area contributed by atoms with Gasteiger partial charge >= 0.3 is 0 Å². The number of allylic oxidation sites excluding steroid dienone is 1.